The molecular weight excluding hydrogens is 428 g/mol. The Hall–Kier alpha value is -2.20. The van der Waals surface area contributed by atoms with Crippen molar-refractivity contribution in [1.29, 1.82) is 0 Å². The van der Waals surface area contributed by atoms with E-state index in [1.54, 1.807) is 4.90 Å². The van der Waals surface area contributed by atoms with Gasteiger partial charge in [0.15, 0.2) is 5.69 Å². The Kier molecular flexibility index (Phi) is 10.4. The molecule has 3 amide bonds. The first kappa shape index (κ1) is 26.1. The largest absolute Gasteiger partial charge is 0.395 e. The predicted molar refractivity (Wildman–Crippen MR) is 128 cm³/mol. The molecule has 0 spiro atoms. The van der Waals surface area contributed by atoms with E-state index in [2.05, 4.69) is 35.4 Å². The summed E-state index contributed by atoms with van der Waals surface area (Å²) in [6, 6.07) is -0.432. The molecule has 1 fully saturated rings. The van der Waals surface area contributed by atoms with Crippen LogP contribution in [0.15, 0.2) is 0 Å². The molecular formula is C22H38N6O3S. The summed E-state index contributed by atoms with van der Waals surface area (Å²) in [5.74, 6) is -1.26. The van der Waals surface area contributed by atoms with Crippen molar-refractivity contribution in [2.75, 3.05) is 31.9 Å². The second-order valence-electron chi connectivity index (χ2n) is 8.31. The SMILES string of the molecule is CCCCC(C(=O)NC1CCCC1)N(CCN(CC)CC)C(=O)c1snc(C(N)=O)c1N. The fourth-order valence-corrected chi connectivity index (χ4v) is 4.90. The Morgan fingerprint density at radius 1 is 1.16 bits per heavy atom. The minimum atomic E-state index is -0.769. The number of nitrogens with one attached hydrogen (secondary N) is 1. The Morgan fingerprint density at radius 3 is 2.34 bits per heavy atom. The summed E-state index contributed by atoms with van der Waals surface area (Å²) in [4.78, 5) is 42.5. The van der Waals surface area contributed by atoms with E-state index < -0.39 is 11.9 Å². The normalized spacial score (nSPS) is 15.1. The maximum absolute atomic E-state index is 13.6. The minimum absolute atomic E-state index is 0.00854. The zero-order valence-electron chi connectivity index (χ0n) is 19.6. The zero-order chi connectivity index (χ0) is 23.7. The molecule has 1 aliphatic carbocycles. The van der Waals surface area contributed by atoms with Crippen LogP contribution in [0.2, 0.25) is 0 Å². The van der Waals surface area contributed by atoms with Crippen molar-refractivity contribution < 1.29 is 14.4 Å². The fourth-order valence-electron chi connectivity index (χ4n) is 4.14. The first-order valence-corrected chi connectivity index (χ1v) is 12.5. The average Bonchev–Trinajstić information content (AvgIpc) is 3.42. The summed E-state index contributed by atoms with van der Waals surface area (Å²) in [5.41, 5.74) is 11.3. The number of nitrogens with zero attached hydrogens (tertiary/aromatic N) is 3. The van der Waals surface area contributed by atoms with E-state index in [1.807, 2.05) is 0 Å². The summed E-state index contributed by atoms with van der Waals surface area (Å²) >= 11 is 0.860. The maximum Gasteiger partial charge on any atom is 0.270 e. The van der Waals surface area contributed by atoms with Gasteiger partial charge in [0.05, 0.1) is 5.69 Å². The molecule has 1 atom stereocenters. The number of carbonyl (C=O) groups excluding carboxylic acids is 3. The van der Waals surface area contributed by atoms with Crippen LogP contribution in [0.5, 0.6) is 0 Å². The van der Waals surface area contributed by atoms with Gasteiger partial charge in [-0.1, -0.05) is 46.5 Å². The monoisotopic (exact) mass is 466 g/mol. The van der Waals surface area contributed by atoms with Crippen LogP contribution in [-0.4, -0.2) is 70.2 Å². The number of nitrogen functional groups attached to an aromatic ring is 1. The van der Waals surface area contributed by atoms with Gasteiger partial charge in [-0.05, 0) is 43.9 Å². The highest BCUT2D eigenvalue weighted by molar-refractivity contribution is 7.09. The number of rotatable bonds is 13. The van der Waals surface area contributed by atoms with Crippen LogP contribution in [0.4, 0.5) is 5.69 Å². The minimum Gasteiger partial charge on any atom is -0.395 e. The average molecular weight is 467 g/mol. The van der Waals surface area contributed by atoms with Gasteiger partial charge in [0.1, 0.15) is 10.9 Å². The van der Waals surface area contributed by atoms with Gasteiger partial charge in [-0.3, -0.25) is 14.4 Å². The third-order valence-corrected chi connectivity index (χ3v) is 7.03. The van der Waals surface area contributed by atoms with Gasteiger partial charge in [0, 0.05) is 19.1 Å². The smallest absolute Gasteiger partial charge is 0.270 e. The molecule has 0 aliphatic heterocycles. The number of anilines is 1. The van der Waals surface area contributed by atoms with Crippen LogP contribution < -0.4 is 16.8 Å². The Balaban J connectivity index is 2.34. The number of hydrogen-bond donors (Lipinski definition) is 3. The molecule has 1 aliphatic rings. The van der Waals surface area contributed by atoms with Crippen LogP contribution >= 0.6 is 11.5 Å². The number of amides is 3. The number of likely N-dealkylation sites (N-methyl/N-ethyl adjacent to an activating group) is 1. The standard InChI is InChI=1S/C22H38N6O3S/c1-4-7-12-16(21(30)25-15-10-8-9-11-15)28(14-13-27(5-2)6-3)22(31)19-17(23)18(20(24)29)26-32-19/h15-16H,4-14,23H2,1-3H3,(H2,24,29)(H,25,30). The van der Waals surface area contributed by atoms with Gasteiger partial charge in [0.2, 0.25) is 5.91 Å². The van der Waals surface area contributed by atoms with Crippen LogP contribution in [0.25, 0.3) is 0 Å². The second-order valence-corrected chi connectivity index (χ2v) is 9.09. The zero-order valence-corrected chi connectivity index (χ0v) is 20.4. The molecule has 1 aromatic rings. The third-order valence-electron chi connectivity index (χ3n) is 6.18. The van der Waals surface area contributed by atoms with Crippen LogP contribution in [0.3, 0.4) is 0 Å². The van der Waals surface area contributed by atoms with Gasteiger partial charge >= 0.3 is 0 Å². The molecule has 1 heterocycles. The van der Waals surface area contributed by atoms with E-state index in [1.165, 1.54) is 0 Å². The maximum atomic E-state index is 13.6. The lowest BCUT2D eigenvalue weighted by Gasteiger charge is -2.33. The number of nitrogens with two attached hydrogens (primary N) is 2. The number of aromatic nitrogens is 1. The van der Waals surface area contributed by atoms with Crippen molar-refractivity contribution in [3.63, 3.8) is 0 Å². The summed E-state index contributed by atoms with van der Waals surface area (Å²) in [5, 5.41) is 3.16. The molecule has 0 bridgehead atoms. The van der Waals surface area contributed by atoms with E-state index in [4.69, 9.17) is 11.5 Å². The third kappa shape index (κ3) is 6.65. The van der Waals surface area contributed by atoms with E-state index >= 15 is 0 Å². The summed E-state index contributed by atoms with van der Waals surface area (Å²) < 4.78 is 3.98. The molecule has 0 radical (unpaired) electrons. The molecule has 10 heteroatoms. The summed E-state index contributed by atoms with van der Waals surface area (Å²) in [6.45, 7) is 8.92. The van der Waals surface area contributed by atoms with E-state index in [0.29, 0.717) is 19.5 Å². The van der Waals surface area contributed by atoms with Crippen molar-refractivity contribution >= 4 is 34.9 Å². The Bertz CT molecular complexity index is 774. The van der Waals surface area contributed by atoms with Crippen molar-refractivity contribution in [3.05, 3.63) is 10.6 Å². The number of primary amides is 1. The Labute approximate surface area is 195 Å². The first-order chi connectivity index (χ1) is 15.3. The van der Waals surface area contributed by atoms with Crippen molar-refractivity contribution in [2.45, 2.75) is 77.8 Å². The van der Waals surface area contributed by atoms with Crippen molar-refractivity contribution in [2.24, 2.45) is 5.73 Å². The molecule has 1 aromatic heterocycles. The van der Waals surface area contributed by atoms with Gasteiger partial charge in [-0.2, -0.15) is 4.37 Å². The molecule has 5 N–H and O–H groups in total. The van der Waals surface area contributed by atoms with E-state index in [0.717, 1.165) is 63.1 Å². The van der Waals surface area contributed by atoms with Crippen LogP contribution in [0.1, 0.15) is 85.9 Å². The molecule has 1 unspecified atom stereocenters. The molecule has 2 rings (SSSR count). The van der Waals surface area contributed by atoms with Crippen molar-refractivity contribution in [3.8, 4) is 0 Å². The Morgan fingerprint density at radius 2 is 1.81 bits per heavy atom. The summed E-state index contributed by atoms with van der Waals surface area (Å²) in [7, 11) is 0. The molecule has 1 saturated carbocycles. The van der Waals surface area contributed by atoms with Gasteiger partial charge in [-0.25, -0.2) is 0 Å². The fraction of sp³-hybridized carbons (Fsp3) is 0.727. The highest BCUT2D eigenvalue weighted by Crippen LogP contribution is 2.25. The van der Waals surface area contributed by atoms with Crippen LogP contribution in [0, 0.1) is 0 Å². The highest BCUT2D eigenvalue weighted by Gasteiger charge is 2.34. The number of unbranched alkanes of at least 4 members (excludes halogenated alkanes) is 1. The second kappa shape index (κ2) is 12.7. The topological polar surface area (TPSA) is 135 Å². The van der Waals surface area contributed by atoms with Gasteiger partial charge in [-0.15, -0.1) is 0 Å². The predicted octanol–water partition coefficient (Wildman–Crippen LogP) is 2.23. The summed E-state index contributed by atoms with van der Waals surface area (Å²) in [6.07, 6.45) is 6.49. The molecule has 180 valence electrons. The lowest BCUT2D eigenvalue weighted by Crippen LogP contribution is -2.53. The van der Waals surface area contributed by atoms with Crippen molar-refractivity contribution in [1.82, 2.24) is 19.5 Å². The lowest BCUT2D eigenvalue weighted by atomic mass is 10.1. The van der Waals surface area contributed by atoms with E-state index in [-0.39, 0.29) is 34.1 Å². The first-order valence-electron chi connectivity index (χ1n) is 11.7. The lowest BCUT2D eigenvalue weighted by molar-refractivity contribution is -0.126. The van der Waals surface area contributed by atoms with Crippen LogP contribution in [-0.2, 0) is 4.79 Å². The highest BCUT2D eigenvalue weighted by atomic mass is 32.1. The number of carbonyl (C=O) groups is 3. The molecule has 32 heavy (non-hydrogen) atoms. The van der Waals surface area contributed by atoms with Gasteiger partial charge in [0.25, 0.3) is 11.8 Å². The quantitative estimate of drug-likeness (QED) is 0.408. The molecule has 0 aromatic carbocycles. The number of hydrogen-bond acceptors (Lipinski definition) is 7. The van der Waals surface area contributed by atoms with Gasteiger partial charge < -0.3 is 26.6 Å². The molecule has 0 saturated heterocycles. The van der Waals surface area contributed by atoms with E-state index in [9.17, 15) is 14.4 Å². The molecule has 9 nitrogen and oxygen atoms in total.